The lowest BCUT2D eigenvalue weighted by Crippen LogP contribution is -2.41. The second-order valence-corrected chi connectivity index (χ2v) is 5.54. The van der Waals surface area contributed by atoms with E-state index in [-0.39, 0.29) is 5.66 Å². The highest BCUT2D eigenvalue weighted by Gasteiger charge is 2.35. The van der Waals surface area contributed by atoms with Crippen molar-refractivity contribution in [2.24, 2.45) is 9.98 Å². The molecule has 0 saturated carbocycles. The standard InChI is InChI=1S/C16H21N3/c1-3-19-10-8-16(9-11-19)17-12-15(18-16)14-6-4-13(2)5-7-14/h4-7,12H,3,8-11H2,1-2H3. The summed E-state index contributed by atoms with van der Waals surface area (Å²) in [6.07, 6.45) is 4.06. The third-order valence-corrected chi connectivity index (χ3v) is 4.21. The summed E-state index contributed by atoms with van der Waals surface area (Å²) in [7, 11) is 0. The number of aryl methyl sites for hydroxylation is 1. The highest BCUT2D eigenvalue weighted by atomic mass is 15.2. The fourth-order valence-corrected chi connectivity index (χ4v) is 2.79. The molecule has 2 heterocycles. The van der Waals surface area contributed by atoms with E-state index >= 15 is 0 Å². The monoisotopic (exact) mass is 255 g/mol. The molecule has 1 aromatic carbocycles. The normalized spacial score (nSPS) is 21.9. The van der Waals surface area contributed by atoms with Crippen molar-refractivity contribution in [3.8, 4) is 0 Å². The van der Waals surface area contributed by atoms with Crippen LogP contribution in [0.4, 0.5) is 0 Å². The Morgan fingerprint density at radius 1 is 1.16 bits per heavy atom. The van der Waals surface area contributed by atoms with Gasteiger partial charge in [0.25, 0.3) is 0 Å². The zero-order valence-corrected chi connectivity index (χ0v) is 11.8. The number of likely N-dealkylation sites (tertiary alicyclic amines) is 1. The molecule has 1 aromatic rings. The Bertz CT molecular complexity index is 505. The fourth-order valence-electron chi connectivity index (χ4n) is 2.79. The molecule has 1 saturated heterocycles. The maximum atomic E-state index is 4.92. The van der Waals surface area contributed by atoms with Crippen LogP contribution >= 0.6 is 0 Å². The first-order chi connectivity index (χ1) is 9.21. The van der Waals surface area contributed by atoms with Crippen LogP contribution < -0.4 is 0 Å². The molecule has 3 nitrogen and oxygen atoms in total. The average Bonchev–Trinajstić information content (AvgIpc) is 2.85. The number of hydrogen-bond donors (Lipinski definition) is 0. The van der Waals surface area contributed by atoms with Crippen LogP contribution in [0.1, 0.15) is 30.9 Å². The van der Waals surface area contributed by atoms with E-state index in [2.05, 4.69) is 43.0 Å². The summed E-state index contributed by atoms with van der Waals surface area (Å²) in [6.45, 7) is 7.68. The van der Waals surface area contributed by atoms with E-state index < -0.39 is 0 Å². The van der Waals surface area contributed by atoms with Gasteiger partial charge in [0.05, 0.1) is 11.9 Å². The Hall–Kier alpha value is -1.48. The van der Waals surface area contributed by atoms with Crippen LogP contribution in [0.3, 0.4) is 0 Å². The first kappa shape index (κ1) is 12.5. The lowest BCUT2D eigenvalue weighted by molar-refractivity contribution is 0.177. The molecule has 2 aliphatic heterocycles. The largest absolute Gasteiger partial charge is 0.303 e. The van der Waals surface area contributed by atoms with Crippen LogP contribution in [0.5, 0.6) is 0 Å². The van der Waals surface area contributed by atoms with Gasteiger partial charge in [0.2, 0.25) is 0 Å². The average molecular weight is 255 g/mol. The summed E-state index contributed by atoms with van der Waals surface area (Å²) in [5, 5.41) is 0. The molecule has 3 rings (SSSR count). The van der Waals surface area contributed by atoms with Crippen molar-refractivity contribution in [3.05, 3.63) is 35.4 Å². The van der Waals surface area contributed by atoms with Gasteiger partial charge in [0.15, 0.2) is 5.66 Å². The van der Waals surface area contributed by atoms with Crippen molar-refractivity contribution >= 4 is 11.9 Å². The predicted octanol–water partition coefficient (Wildman–Crippen LogP) is 2.68. The molecule has 0 bridgehead atoms. The van der Waals surface area contributed by atoms with Crippen molar-refractivity contribution in [2.45, 2.75) is 32.4 Å². The molecule has 100 valence electrons. The lowest BCUT2D eigenvalue weighted by atomic mass is 9.98. The summed E-state index contributed by atoms with van der Waals surface area (Å²) < 4.78 is 0. The van der Waals surface area contributed by atoms with Crippen molar-refractivity contribution < 1.29 is 0 Å². The minimum absolute atomic E-state index is 0.161. The lowest BCUT2D eigenvalue weighted by Gasteiger charge is -2.34. The van der Waals surface area contributed by atoms with E-state index in [1.54, 1.807) is 0 Å². The van der Waals surface area contributed by atoms with Gasteiger partial charge in [-0.3, -0.25) is 9.98 Å². The van der Waals surface area contributed by atoms with Crippen LogP contribution in [-0.4, -0.2) is 42.1 Å². The number of rotatable bonds is 2. The van der Waals surface area contributed by atoms with E-state index in [0.29, 0.717) is 0 Å². The molecule has 1 fully saturated rings. The zero-order valence-electron chi connectivity index (χ0n) is 11.8. The minimum atomic E-state index is -0.161. The maximum Gasteiger partial charge on any atom is 0.153 e. The molecular formula is C16H21N3. The predicted molar refractivity (Wildman–Crippen MR) is 80.3 cm³/mol. The van der Waals surface area contributed by atoms with Gasteiger partial charge in [-0.1, -0.05) is 36.8 Å². The molecule has 19 heavy (non-hydrogen) atoms. The molecule has 0 aromatic heterocycles. The number of benzene rings is 1. The van der Waals surface area contributed by atoms with E-state index in [0.717, 1.165) is 38.2 Å². The van der Waals surface area contributed by atoms with E-state index in [1.165, 1.54) is 11.1 Å². The summed E-state index contributed by atoms with van der Waals surface area (Å²) in [5.41, 5.74) is 3.35. The fraction of sp³-hybridized carbons (Fsp3) is 0.500. The molecular weight excluding hydrogens is 234 g/mol. The van der Waals surface area contributed by atoms with Gasteiger partial charge in [-0.05, 0) is 13.5 Å². The third kappa shape index (κ3) is 2.47. The Morgan fingerprint density at radius 2 is 1.84 bits per heavy atom. The Balaban J connectivity index is 1.78. The highest BCUT2D eigenvalue weighted by Crippen LogP contribution is 2.31. The van der Waals surface area contributed by atoms with Crippen molar-refractivity contribution in [3.63, 3.8) is 0 Å². The van der Waals surface area contributed by atoms with Gasteiger partial charge in [0.1, 0.15) is 0 Å². The maximum absolute atomic E-state index is 4.92. The van der Waals surface area contributed by atoms with Gasteiger partial charge in [-0.2, -0.15) is 0 Å². The molecule has 0 atom stereocenters. The molecule has 1 spiro atoms. The highest BCUT2D eigenvalue weighted by molar-refractivity contribution is 6.39. The van der Waals surface area contributed by atoms with Gasteiger partial charge in [-0.15, -0.1) is 0 Å². The van der Waals surface area contributed by atoms with E-state index in [9.17, 15) is 0 Å². The van der Waals surface area contributed by atoms with Crippen molar-refractivity contribution in [1.29, 1.82) is 0 Å². The topological polar surface area (TPSA) is 28.0 Å². The first-order valence-corrected chi connectivity index (χ1v) is 7.15. The van der Waals surface area contributed by atoms with Crippen LogP contribution in [-0.2, 0) is 0 Å². The molecule has 0 radical (unpaired) electrons. The molecule has 0 amide bonds. The van der Waals surface area contributed by atoms with Gasteiger partial charge < -0.3 is 4.90 Å². The number of nitrogens with zero attached hydrogens (tertiary/aromatic N) is 3. The summed E-state index contributed by atoms with van der Waals surface area (Å²) in [5.74, 6) is 0. The van der Waals surface area contributed by atoms with E-state index in [1.807, 2.05) is 6.21 Å². The van der Waals surface area contributed by atoms with E-state index in [4.69, 9.17) is 9.98 Å². The SMILES string of the molecule is CCN1CCC2(CC1)N=CC(c1ccc(C)cc1)=N2. The summed E-state index contributed by atoms with van der Waals surface area (Å²) >= 11 is 0. The van der Waals surface area contributed by atoms with Crippen molar-refractivity contribution in [1.82, 2.24) is 4.90 Å². The van der Waals surface area contributed by atoms with Crippen LogP contribution in [0.2, 0.25) is 0 Å². The quantitative estimate of drug-likeness (QED) is 0.798. The molecule has 0 aliphatic carbocycles. The number of piperidine rings is 1. The second-order valence-electron chi connectivity index (χ2n) is 5.54. The van der Waals surface area contributed by atoms with Gasteiger partial charge in [0, 0.05) is 31.5 Å². The smallest absolute Gasteiger partial charge is 0.153 e. The van der Waals surface area contributed by atoms with Crippen LogP contribution in [0, 0.1) is 6.92 Å². The Morgan fingerprint density at radius 3 is 2.47 bits per heavy atom. The second kappa shape index (κ2) is 4.89. The van der Waals surface area contributed by atoms with Gasteiger partial charge in [-0.25, -0.2) is 0 Å². The zero-order chi connectivity index (χ0) is 13.3. The number of aliphatic imine (C=N–C) groups is 2. The molecule has 0 unspecified atom stereocenters. The first-order valence-electron chi connectivity index (χ1n) is 7.15. The number of hydrogen-bond acceptors (Lipinski definition) is 3. The minimum Gasteiger partial charge on any atom is -0.303 e. The molecule has 0 N–H and O–H groups in total. The molecule has 3 heteroatoms. The Kier molecular flexibility index (Phi) is 3.23. The van der Waals surface area contributed by atoms with Gasteiger partial charge >= 0.3 is 0 Å². The van der Waals surface area contributed by atoms with Crippen LogP contribution in [0.15, 0.2) is 34.3 Å². The Labute approximate surface area is 115 Å². The summed E-state index contributed by atoms with van der Waals surface area (Å²) in [4.78, 5) is 12.1. The third-order valence-electron chi connectivity index (χ3n) is 4.21. The molecule has 2 aliphatic rings. The summed E-state index contributed by atoms with van der Waals surface area (Å²) in [6, 6.07) is 8.55. The van der Waals surface area contributed by atoms with Crippen molar-refractivity contribution in [2.75, 3.05) is 19.6 Å². The van der Waals surface area contributed by atoms with Crippen LogP contribution in [0.25, 0.3) is 0 Å².